The van der Waals surface area contributed by atoms with E-state index in [-0.39, 0.29) is 0 Å². The fourth-order valence-corrected chi connectivity index (χ4v) is 5.15. The maximum absolute atomic E-state index is 13.3. The molecule has 2 aromatic carbocycles. The number of aliphatic hydroxyl groups excluding tert-OH is 2. The fourth-order valence-electron chi connectivity index (χ4n) is 5.15. The number of nitrogens with one attached hydrogen (secondary N) is 1. The van der Waals surface area contributed by atoms with Gasteiger partial charge in [-0.25, -0.2) is 0 Å². The average Bonchev–Trinajstić information content (AvgIpc) is 3.38. The smallest absolute Gasteiger partial charge is 0.255 e. The van der Waals surface area contributed by atoms with E-state index in [1.54, 1.807) is 24.2 Å². The molecule has 188 valence electrons. The Morgan fingerprint density at radius 3 is 2.25 bits per heavy atom. The van der Waals surface area contributed by atoms with Crippen LogP contribution in [0, 0.1) is 0 Å². The van der Waals surface area contributed by atoms with Gasteiger partial charge >= 0.3 is 0 Å². The number of hydrogen-bond acceptors (Lipinski definition) is 5. The van der Waals surface area contributed by atoms with Gasteiger partial charge in [-0.3, -0.25) is 14.6 Å². The van der Waals surface area contributed by atoms with Crippen molar-refractivity contribution in [3.8, 4) is 11.1 Å². The molecule has 0 radical (unpaired) electrons. The first kappa shape index (κ1) is 25.5. The summed E-state index contributed by atoms with van der Waals surface area (Å²) in [6.45, 7) is 4.27. The number of amides is 2. The molecular formula is C29H33N3O4. The van der Waals surface area contributed by atoms with Crippen molar-refractivity contribution in [3.63, 3.8) is 0 Å². The average molecular weight is 488 g/mol. The van der Waals surface area contributed by atoms with E-state index in [2.05, 4.69) is 10.3 Å². The van der Waals surface area contributed by atoms with Crippen molar-refractivity contribution in [2.24, 2.45) is 0 Å². The minimum absolute atomic E-state index is 0.424. The van der Waals surface area contributed by atoms with Crippen molar-refractivity contribution in [1.29, 1.82) is 0 Å². The molecule has 4 atom stereocenters. The quantitative estimate of drug-likeness (QED) is 0.451. The summed E-state index contributed by atoms with van der Waals surface area (Å²) in [6.07, 6.45) is 1.96. The van der Waals surface area contributed by atoms with E-state index >= 15 is 0 Å². The molecule has 2 heterocycles. The van der Waals surface area contributed by atoms with Gasteiger partial charge in [0.2, 0.25) is 0 Å². The predicted octanol–water partition coefficient (Wildman–Crippen LogP) is 3.58. The molecular weight excluding hydrogens is 454 g/mol. The second-order valence-corrected chi connectivity index (χ2v) is 9.32. The molecule has 2 amide bonds. The van der Waals surface area contributed by atoms with E-state index < -0.39 is 35.6 Å². The lowest BCUT2D eigenvalue weighted by molar-refractivity contribution is -0.157. The zero-order valence-electron chi connectivity index (χ0n) is 20.7. The molecule has 3 aromatic rings. The van der Waals surface area contributed by atoms with Gasteiger partial charge in [0.25, 0.3) is 11.8 Å². The molecule has 3 N–H and O–H groups in total. The SMILES string of the molecule is CCC1(c2ccccc2)CCCN1C(=O)[C@H](O)[C@@H](O)C(=O)N[C@H](C)c1ccc(-c2ccncc2)cc1. The molecule has 0 aliphatic carbocycles. The lowest BCUT2D eigenvalue weighted by Gasteiger charge is -2.40. The Labute approximate surface area is 211 Å². The van der Waals surface area contributed by atoms with E-state index in [0.717, 1.165) is 35.1 Å². The molecule has 36 heavy (non-hydrogen) atoms. The molecule has 4 rings (SSSR count). The molecule has 1 aromatic heterocycles. The Morgan fingerprint density at radius 1 is 0.972 bits per heavy atom. The van der Waals surface area contributed by atoms with Gasteiger partial charge < -0.3 is 20.4 Å². The summed E-state index contributed by atoms with van der Waals surface area (Å²) < 4.78 is 0. The van der Waals surface area contributed by atoms with Gasteiger partial charge in [0, 0.05) is 18.9 Å². The third-order valence-electron chi connectivity index (χ3n) is 7.25. The van der Waals surface area contributed by atoms with Crippen LogP contribution < -0.4 is 5.32 Å². The van der Waals surface area contributed by atoms with Crippen LogP contribution in [0.2, 0.25) is 0 Å². The van der Waals surface area contributed by atoms with Gasteiger partial charge in [-0.2, -0.15) is 0 Å². The second-order valence-electron chi connectivity index (χ2n) is 9.32. The summed E-state index contributed by atoms with van der Waals surface area (Å²) in [6, 6.07) is 20.8. The standard InChI is InChI=1S/C29H33N3O4/c1-3-29(24-8-5-4-6-9-24)16-7-19-32(29)28(36)26(34)25(33)27(35)31-20(2)21-10-12-22(13-11-21)23-14-17-30-18-15-23/h4-6,8-15,17-18,20,25-26,33-34H,3,7,16,19H2,1-2H3,(H,31,35)/t20-,25-,26-,29?/m1/s1. The van der Waals surface area contributed by atoms with Crippen LogP contribution in [0.3, 0.4) is 0 Å². The number of benzene rings is 2. The summed E-state index contributed by atoms with van der Waals surface area (Å²) in [5, 5.41) is 24.1. The van der Waals surface area contributed by atoms with E-state index in [0.29, 0.717) is 13.0 Å². The number of aromatic nitrogens is 1. The van der Waals surface area contributed by atoms with Crippen LogP contribution in [-0.2, 0) is 15.1 Å². The van der Waals surface area contributed by atoms with Crippen molar-refractivity contribution in [2.75, 3.05) is 6.54 Å². The van der Waals surface area contributed by atoms with Crippen molar-refractivity contribution < 1.29 is 19.8 Å². The number of aliphatic hydroxyl groups is 2. The highest BCUT2D eigenvalue weighted by atomic mass is 16.3. The van der Waals surface area contributed by atoms with Crippen LogP contribution in [0.15, 0.2) is 79.1 Å². The van der Waals surface area contributed by atoms with E-state index in [9.17, 15) is 19.8 Å². The van der Waals surface area contributed by atoms with Gasteiger partial charge in [0.05, 0.1) is 11.6 Å². The van der Waals surface area contributed by atoms with E-state index in [1.807, 2.05) is 73.7 Å². The Hall–Kier alpha value is -3.55. The molecule has 7 heteroatoms. The van der Waals surface area contributed by atoms with Gasteiger partial charge in [0.1, 0.15) is 0 Å². The van der Waals surface area contributed by atoms with Gasteiger partial charge in [-0.05, 0) is 60.6 Å². The zero-order valence-corrected chi connectivity index (χ0v) is 20.7. The van der Waals surface area contributed by atoms with E-state index in [1.165, 1.54) is 0 Å². The topological polar surface area (TPSA) is 103 Å². The molecule has 1 fully saturated rings. The monoisotopic (exact) mass is 487 g/mol. The highest BCUT2D eigenvalue weighted by Crippen LogP contribution is 2.42. The van der Waals surface area contributed by atoms with Crippen molar-refractivity contribution in [3.05, 3.63) is 90.3 Å². The molecule has 0 bridgehead atoms. The minimum atomic E-state index is -1.87. The predicted molar refractivity (Wildman–Crippen MR) is 138 cm³/mol. The van der Waals surface area contributed by atoms with Crippen molar-refractivity contribution in [1.82, 2.24) is 15.2 Å². The number of likely N-dealkylation sites (tertiary alicyclic amines) is 1. The molecule has 1 aliphatic heterocycles. The third-order valence-corrected chi connectivity index (χ3v) is 7.25. The van der Waals surface area contributed by atoms with Crippen LogP contribution in [0.25, 0.3) is 11.1 Å². The molecule has 1 aliphatic rings. The fraction of sp³-hybridized carbons (Fsp3) is 0.345. The van der Waals surface area contributed by atoms with Gasteiger partial charge in [-0.15, -0.1) is 0 Å². The number of carbonyl (C=O) groups is 2. The molecule has 0 saturated carbocycles. The Bertz CT molecular complexity index is 1170. The normalized spacial score (nSPS) is 19.9. The van der Waals surface area contributed by atoms with Gasteiger partial charge in [0.15, 0.2) is 12.2 Å². The van der Waals surface area contributed by atoms with Crippen molar-refractivity contribution >= 4 is 11.8 Å². The number of pyridine rings is 1. The number of carbonyl (C=O) groups excluding carboxylic acids is 2. The van der Waals surface area contributed by atoms with Crippen molar-refractivity contribution in [2.45, 2.75) is 56.9 Å². The van der Waals surface area contributed by atoms with Gasteiger partial charge in [-0.1, -0.05) is 61.5 Å². The lowest BCUT2D eigenvalue weighted by Crippen LogP contribution is -2.54. The Balaban J connectivity index is 1.42. The maximum atomic E-state index is 13.3. The summed E-state index contributed by atoms with van der Waals surface area (Å²) in [5.74, 6) is -1.42. The summed E-state index contributed by atoms with van der Waals surface area (Å²) >= 11 is 0. The highest BCUT2D eigenvalue weighted by Gasteiger charge is 2.46. The van der Waals surface area contributed by atoms with Crippen LogP contribution in [-0.4, -0.2) is 50.7 Å². The third kappa shape index (κ3) is 5.03. The molecule has 7 nitrogen and oxygen atoms in total. The largest absolute Gasteiger partial charge is 0.380 e. The number of hydrogen-bond donors (Lipinski definition) is 3. The van der Waals surface area contributed by atoms with E-state index in [4.69, 9.17) is 0 Å². The molecule has 1 saturated heterocycles. The Kier molecular flexibility index (Phi) is 7.82. The first-order chi connectivity index (χ1) is 17.4. The maximum Gasteiger partial charge on any atom is 0.255 e. The first-order valence-electron chi connectivity index (χ1n) is 12.4. The summed E-state index contributed by atoms with van der Waals surface area (Å²) in [5.41, 5.74) is 3.32. The lowest BCUT2D eigenvalue weighted by atomic mass is 9.84. The van der Waals surface area contributed by atoms with Crippen LogP contribution in [0.1, 0.15) is 50.3 Å². The molecule has 0 spiro atoms. The summed E-state index contributed by atoms with van der Waals surface area (Å²) in [7, 11) is 0. The molecule has 1 unspecified atom stereocenters. The summed E-state index contributed by atoms with van der Waals surface area (Å²) in [4.78, 5) is 31.7. The highest BCUT2D eigenvalue weighted by molar-refractivity contribution is 5.91. The zero-order chi connectivity index (χ0) is 25.7. The number of nitrogens with zero attached hydrogens (tertiary/aromatic N) is 2. The minimum Gasteiger partial charge on any atom is -0.380 e. The first-order valence-corrected chi connectivity index (χ1v) is 12.4. The van der Waals surface area contributed by atoms with Crippen LogP contribution >= 0.6 is 0 Å². The second kappa shape index (κ2) is 11.0. The van der Waals surface area contributed by atoms with Crippen LogP contribution in [0.5, 0.6) is 0 Å². The Morgan fingerprint density at radius 2 is 1.61 bits per heavy atom. The van der Waals surface area contributed by atoms with Crippen LogP contribution in [0.4, 0.5) is 0 Å². The number of rotatable bonds is 8.